The zero-order chi connectivity index (χ0) is 9.97. The SMILES string of the molecule is C[C@H]1CN(C(=O)c2cnsn2)CCN1. The Kier molecular flexibility index (Phi) is 2.74. The molecular formula is C8H12N4OS. The predicted octanol–water partition coefficient (Wildman–Crippen LogP) is -0.0280. The summed E-state index contributed by atoms with van der Waals surface area (Å²) in [5.74, 6) is -0.00731. The predicted molar refractivity (Wildman–Crippen MR) is 53.3 cm³/mol. The number of hydrogen-bond acceptors (Lipinski definition) is 5. The standard InChI is InChI=1S/C8H12N4OS/c1-6-5-12(3-2-9-6)8(13)7-4-10-14-11-7/h4,6,9H,2-3,5H2,1H3/t6-/m0/s1. The van der Waals surface area contributed by atoms with Crippen molar-refractivity contribution in [3.8, 4) is 0 Å². The first-order valence-electron chi connectivity index (χ1n) is 4.57. The summed E-state index contributed by atoms with van der Waals surface area (Å²) in [5, 5.41) is 3.28. The molecule has 0 aromatic carbocycles. The molecule has 76 valence electrons. The summed E-state index contributed by atoms with van der Waals surface area (Å²) in [6.07, 6.45) is 1.53. The van der Waals surface area contributed by atoms with Gasteiger partial charge in [0.05, 0.1) is 17.9 Å². The lowest BCUT2D eigenvalue weighted by Gasteiger charge is -2.31. The molecule has 1 aliphatic heterocycles. The second-order valence-corrected chi connectivity index (χ2v) is 3.96. The fraction of sp³-hybridized carbons (Fsp3) is 0.625. The van der Waals surface area contributed by atoms with E-state index >= 15 is 0 Å². The number of carbonyl (C=O) groups is 1. The Hall–Kier alpha value is -1.01. The molecule has 1 aromatic rings. The van der Waals surface area contributed by atoms with Crippen LogP contribution >= 0.6 is 11.7 Å². The highest BCUT2D eigenvalue weighted by Gasteiger charge is 2.22. The van der Waals surface area contributed by atoms with Gasteiger partial charge in [-0.1, -0.05) is 0 Å². The molecule has 1 atom stereocenters. The lowest BCUT2D eigenvalue weighted by molar-refractivity contribution is 0.0704. The number of rotatable bonds is 1. The highest BCUT2D eigenvalue weighted by atomic mass is 32.1. The van der Waals surface area contributed by atoms with Gasteiger partial charge in [0.1, 0.15) is 0 Å². The highest BCUT2D eigenvalue weighted by Crippen LogP contribution is 2.05. The van der Waals surface area contributed by atoms with Crippen LogP contribution in [-0.2, 0) is 0 Å². The van der Waals surface area contributed by atoms with Crippen molar-refractivity contribution in [3.63, 3.8) is 0 Å². The van der Waals surface area contributed by atoms with Crippen LogP contribution in [0.1, 0.15) is 17.4 Å². The van der Waals surface area contributed by atoms with Crippen molar-refractivity contribution in [2.75, 3.05) is 19.6 Å². The Labute approximate surface area is 86.4 Å². The van der Waals surface area contributed by atoms with Crippen molar-refractivity contribution in [3.05, 3.63) is 11.9 Å². The van der Waals surface area contributed by atoms with E-state index in [2.05, 4.69) is 21.0 Å². The average molecular weight is 212 g/mol. The fourth-order valence-electron chi connectivity index (χ4n) is 1.54. The number of nitrogens with zero attached hydrogens (tertiary/aromatic N) is 3. The Bertz CT molecular complexity index is 313. The minimum Gasteiger partial charge on any atom is -0.334 e. The molecule has 0 unspecified atom stereocenters. The number of aromatic nitrogens is 2. The van der Waals surface area contributed by atoms with Crippen LogP contribution < -0.4 is 5.32 Å². The minimum absolute atomic E-state index is 0.00731. The summed E-state index contributed by atoms with van der Waals surface area (Å²) >= 11 is 1.07. The Morgan fingerprint density at radius 1 is 1.79 bits per heavy atom. The number of hydrogen-bond donors (Lipinski definition) is 1. The molecule has 1 amide bonds. The smallest absolute Gasteiger partial charge is 0.275 e. The quantitative estimate of drug-likeness (QED) is 0.710. The number of nitrogens with one attached hydrogen (secondary N) is 1. The van der Waals surface area contributed by atoms with E-state index in [1.54, 1.807) is 0 Å². The maximum Gasteiger partial charge on any atom is 0.275 e. The van der Waals surface area contributed by atoms with E-state index in [0.29, 0.717) is 11.7 Å². The van der Waals surface area contributed by atoms with Gasteiger partial charge in [-0.2, -0.15) is 8.75 Å². The summed E-state index contributed by atoms with van der Waals surface area (Å²) in [6, 6.07) is 0.360. The molecular weight excluding hydrogens is 200 g/mol. The maximum absolute atomic E-state index is 11.8. The van der Waals surface area contributed by atoms with E-state index in [9.17, 15) is 4.79 Å². The molecule has 0 aliphatic carbocycles. The second-order valence-electron chi connectivity index (χ2n) is 3.40. The summed E-state index contributed by atoms with van der Waals surface area (Å²) in [4.78, 5) is 13.6. The van der Waals surface area contributed by atoms with E-state index in [1.807, 2.05) is 4.90 Å². The Morgan fingerprint density at radius 3 is 3.29 bits per heavy atom. The Balaban J connectivity index is 2.04. The van der Waals surface area contributed by atoms with E-state index in [1.165, 1.54) is 6.20 Å². The van der Waals surface area contributed by atoms with Crippen molar-refractivity contribution in [1.82, 2.24) is 19.0 Å². The molecule has 1 aromatic heterocycles. The van der Waals surface area contributed by atoms with Gasteiger partial charge in [-0.3, -0.25) is 4.79 Å². The number of carbonyl (C=O) groups excluding carboxylic acids is 1. The minimum atomic E-state index is -0.00731. The maximum atomic E-state index is 11.8. The second kappa shape index (κ2) is 4.02. The third kappa shape index (κ3) is 1.91. The van der Waals surface area contributed by atoms with Crippen LogP contribution in [0.5, 0.6) is 0 Å². The van der Waals surface area contributed by atoms with Crippen LogP contribution in [-0.4, -0.2) is 45.2 Å². The first-order chi connectivity index (χ1) is 6.77. The monoisotopic (exact) mass is 212 g/mol. The molecule has 0 bridgehead atoms. The van der Waals surface area contributed by atoms with Gasteiger partial charge < -0.3 is 10.2 Å². The van der Waals surface area contributed by atoms with Crippen molar-refractivity contribution in [2.24, 2.45) is 0 Å². The van der Waals surface area contributed by atoms with E-state index in [-0.39, 0.29) is 5.91 Å². The molecule has 0 radical (unpaired) electrons. The van der Waals surface area contributed by atoms with Gasteiger partial charge in [0.2, 0.25) is 0 Å². The molecule has 2 rings (SSSR count). The van der Waals surface area contributed by atoms with Crippen LogP contribution in [0, 0.1) is 0 Å². The number of piperazine rings is 1. The van der Waals surface area contributed by atoms with Gasteiger partial charge >= 0.3 is 0 Å². The van der Waals surface area contributed by atoms with Crippen LogP contribution in [0.2, 0.25) is 0 Å². The first-order valence-corrected chi connectivity index (χ1v) is 5.30. The van der Waals surface area contributed by atoms with Gasteiger partial charge in [-0.25, -0.2) is 0 Å². The summed E-state index contributed by atoms with van der Waals surface area (Å²) in [6.45, 7) is 4.42. The van der Waals surface area contributed by atoms with Crippen LogP contribution in [0.15, 0.2) is 6.20 Å². The molecule has 6 heteroatoms. The highest BCUT2D eigenvalue weighted by molar-refractivity contribution is 6.99. The Morgan fingerprint density at radius 2 is 2.64 bits per heavy atom. The average Bonchev–Trinajstić information content (AvgIpc) is 2.69. The van der Waals surface area contributed by atoms with Crippen LogP contribution in [0.4, 0.5) is 0 Å². The van der Waals surface area contributed by atoms with Crippen molar-refractivity contribution < 1.29 is 4.79 Å². The zero-order valence-electron chi connectivity index (χ0n) is 7.93. The molecule has 1 saturated heterocycles. The zero-order valence-corrected chi connectivity index (χ0v) is 8.75. The summed E-state index contributed by atoms with van der Waals surface area (Å²) in [5.41, 5.74) is 0.462. The van der Waals surface area contributed by atoms with Crippen molar-refractivity contribution in [1.29, 1.82) is 0 Å². The molecule has 0 saturated carbocycles. The van der Waals surface area contributed by atoms with Gasteiger partial charge in [-0.05, 0) is 6.92 Å². The van der Waals surface area contributed by atoms with E-state index in [0.717, 1.165) is 31.4 Å². The largest absolute Gasteiger partial charge is 0.334 e. The molecule has 1 aliphatic rings. The third-order valence-corrected chi connectivity index (χ3v) is 2.71. The van der Waals surface area contributed by atoms with Crippen molar-refractivity contribution >= 4 is 17.6 Å². The van der Waals surface area contributed by atoms with Crippen molar-refractivity contribution in [2.45, 2.75) is 13.0 Å². The van der Waals surface area contributed by atoms with Crippen LogP contribution in [0.3, 0.4) is 0 Å². The summed E-state index contributed by atoms with van der Waals surface area (Å²) in [7, 11) is 0. The lowest BCUT2D eigenvalue weighted by Crippen LogP contribution is -2.51. The van der Waals surface area contributed by atoms with Gasteiger partial charge in [0.25, 0.3) is 5.91 Å². The lowest BCUT2D eigenvalue weighted by atomic mass is 10.2. The molecule has 1 fully saturated rings. The van der Waals surface area contributed by atoms with Crippen LogP contribution in [0.25, 0.3) is 0 Å². The molecule has 14 heavy (non-hydrogen) atoms. The third-order valence-electron chi connectivity index (χ3n) is 2.24. The molecule has 0 spiro atoms. The molecule has 2 heterocycles. The van der Waals surface area contributed by atoms with Gasteiger partial charge in [0, 0.05) is 25.7 Å². The molecule has 5 nitrogen and oxygen atoms in total. The van der Waals surface area contributed by atoms with E-state index in [4.69, 9.17) is 0 Å². The first kappa shape index (κ1) is 9.54. The number of amides is 1. The fourth-order valence-corrected chi connectivity index (χ4v) is 1.94. The van der Waals surface area contributed by atoms with E-state index < -0.39 is 0 Å². The van der Waals surface area contributed by atoms with Gasteiger partial charge in [-0.15, -0.1) is 0 Å². The topological polar surface area (TPSA) is 58.1 Å². The normalized spacial score (nSPS) is 22.4. The van der Waals surface area contributed by atoms with Gasteiger partial charge in [0.15, 0.2) is 5.69 Å². The summed E-state index contributed by atoms with van der Waals surface area (Å²) < 4.78 is 7.76. The molecule has 1 N–H and O–H groups in total.